The Morgan fingerprint density at radius 2 is 1.45 bits per heavy atom. The van der Waals surface area contributed by atoms with Gasteiger partial charge in [0.25, 0.3) is 5.91 Å². The highest BCUT2D eigenvalue weighted by Crippen LogP contribution is 2.22. The highest BCUT2D eigenvalue weighted by Gasteiger charge is 2.23. The molecule has 0 atom stereocenters. The minimum atomic E-state index is -0.0234. The number of hydrogen-bond acceptors (Lipinski definition) is 4. The molecule has 6 heteroatoms. The summed E-state index contributed by atoms with van der Waals surface area (Å²) in [5.41, 5.74) is 2.64. The van der Waals surface area contributed by atoms with Gasteiger partial charge in [0.1, 0.15) is 11.5 Å². The number of ether oxygens (including phenoxy) is 1. The van der Waals surface area contributed by atoms with E-state index in [0.717, 1.165) is 23.4 Å². The van der Waals surface area contributed by atoms with Crippen molar-refractivity contribution in [3.63, 3.8) is 0 Å². The third-order valence-electron chi connectivity index (χ3n) is 5.78. The summed E-state index contributed by atoms with van der Waals surface area (Å²) in [7, 11) is 0. The van der Waals surface area contributed by atoms with Crippen molar-refractivity contribution in [2.75, 3.05) is 38.0 Å². The molecule has 3 aromatic carbocycles. The first-order valence-corrected chi connectivity index (χ1v) is 11.3. The first-order chi connectivity index (χ1) is 16.1. The SMILES string of the molecule is CCc1ccccc1NC(=O)CN1CCN(C(=O)c2ccc(Oc3ccccc3)cc2)CC1. The maximum absolute atomic E-state index is 12.9. The Labute approximate surface area is 194 Å². The molecule has 33 heavy (non-hydrogen) atoms. The Kier molecular flexibility index (Phi) is 7.37. The summed E-state index contributed by atoms with van der Waals surface area (Å²) >= 11 is 0. The summed E-state index contributed by atoms with van der Waals surface area (Å²) < 4.78 is 5.80. The highest BCUT2D eigenvalue weighted by atomic mass is 16.5. The molecule has 0 aliphatic carbocycles. The van der Waals surface area contributed by atoms with Crippen molar-refractivity contribution in [1.82, 2.24) is 9.80 Å². The van der Waals surface area contributed by atoms with Crippen molar-refractivity contribution in [3.05, 3.63) is 90.0 Å². The number of rotatable bonds is 7. The van der Waals surface area contributed by atoms with E-state index in [4.69, 9.17) is 4.74 Å². The van der Waals surface area contributed by atoms with E-state index in [1.54, 1.807) is 12.1 Å². The van der Waals surface area contributed by atoms with E-state index in [1.165, 1.54) is 0 Å². The first-order valence-electron chi connectivity index (χ1n) is 11.3. The van der Waals surface area contributed by atoms with Crippen LogP contribution >= 0.6 is 0 Å². The van der Waals surface area contributed by atoms with E-state index >= 15 is 0 Å². The van der Waals surface area contributed by atoms with Crippen LogP contribution in [0, 0.1) is 0 Å². The molecule has 4 rings (SSSR count). The minimum absolute atomic E-state index is 0.00207. The fourth-order valence-corrected chi connectivity index (χ4v) is 3.93. The number of benzene rings is 3. The second-order valence-corrected chi connectivity index (χ2v) is 8.07. The van der Waals surface area contributed by atoms with Crippen LogP contribution in [0.3, 0.4) is 0 Å². The summed E-state index contributed by atoms with van der Waals surface area (Å²) in [6.45, 7) is 4.93. The molecule has 1 heterocycles. The van der Waals surface area contributed by atoms with Crippen LogP contribution in [0.1, 0.15) is 22.8 Å². The number of anilines is 1. The molecule has 0 bridgehead atoms. The quantitative estimate of drug-likeness (QED) is 0.587. The minimum Gasteiger partial charge on any atom is -0.457 e. The number of para-hydroxylation sites is 2. The summed E-state index contributed by atoms with van der Waals surface area (Å²) in [6, 6.07) is 24.6. The van der Waals surface area contributed by atoms with Gasteiger partial charge in [-0.05, 0) is 54.4 Å². The fraction of sp³-hybridized carbons (Fsp3) is 0.259. The van der Waals surface area contributed by atoms with Crippen LogP contribution in [0.5, 0.6) is 11.5 Å². The van der Waals surface area contributed by atoms with Crippen molar-refractivity contribution in [1.29, 1.82) is 0 Å². The van der Waals surface area contributed by atoms with Gasteiger partial charge in [-0.2, -0.15) is 0 Å². The average Bonchev–Trinajstić information content (AvgIpc) is 2.85. The van der Waals surface area contributed by atoms with Gasteiger partial charge in [-0.15, -0.1) is 0 Å². The number of carbonyl (C=O) groups is 2. The molecule has 1 N–H and O–H groups in total. The Morgan fingerprint density at radius 1 is 0.818 bits per heavy atom. The Hall–Kier alpha value is -3.64. The summed E-state index contributed by atoms with van der Waals surface area (Å²) in [5.74, 6) is 1.43. The predicted molar refractivity (Wildman–Crippen MR) is 130 cm³/mol. The zero-order valence-corrected chi connectivity index (χ0v) is 18.9. The van der Waals surface area contributed by atoms with Gasteiger partial charge in [-0.3, -0.25) is 14.5 Å². The zero-order valence-electron chi connectivity index (χ0n) is 18.9. The molecular weight excluding hydrogens is 414 g/mol. The maximum Gasteiger partial charge on any atom is 0.253 e. The van der Waals surface area contributed by atoms with Crippen molar-refractivity contribution in [3.8, 4) is 11.5 Å². The number of nitrogens with one attached hydrogen (secondary N) is 1. The number of hydrogen-bond donors (Lipinski definition) is 1. The van der Waals surface area contributed by atoms with Gasteiger partial charge < -0.3 is 15.0 Å². The highest BCUT2D eigenvalue weighted by molar-refractivity contribution is 5.95. The molecular formula is C27H29N3O3. The molecule has 1 fully saturated rings. The average molecular weight is 444 g/mol. The number of carbonyl (C=O) groups excluding carboxylic acids is 2. The summed E-state index contributed by atoms with van der Waals surface area (Å²) in [5, 5.41) is 3.02. The zero-order chi connectivity index (χ0) is 23.0. The van der Waals surface area contributed by atoms with Gasteiger partial charge in [0.15, 0.2) is 0 Å². The van der Waals surface area contributed by atoms with Gasteiger partial charge in [-0.1, -0.05) is 43.3 Å². The lowest BCUT2D eigenvalue weighted by molar-refractivity contribution is -0.117. The summed E-state index contributed by atoms with van der Waals surface area (Å²) in [4.78, 5) is 29.3. The maximum atomic E-state index is 12.9. The van der Waals surface area contributed by atoms with Gasteiger partial charge >= 0.3 is 0 Å². The van der Waals surface area contributed by atoms with E-state index in [1.807, 2.05) is 71.6 Å². The molecule has 2 amide bonds. The molecule has 1 saturated heterocycles. The number of aryl methyl sites for hydroxylation is 1. The topological polar surface area (TPSA) is 61.9 Å². The van der Waals surface area contributed by atoms with Gasteiger partial charge in [0.05, 0.1) is 6.54 Å². The fourth-order valence-electron chi connectivity index (χ4n) is 3.93. The molecule has 0 radical (unpaired) electrons. The van der Waals surface area contributed by atoms with E-state index in [2.05, 4.69) is 17.1 Å². The van der Waals surface area contributed by atoms with Crippen LogP contribution in [0.2, 0.25) is 0 Å². The van der Waals surface area contributed by atoms with Crippen LogP contribution in [0.25, 0.3) is 0 Å². The second kappa shape index (κ2) is 10.8. The largest absolute Gasteiger partial charge is 0.457 e. The number of amides is 2. The molecule has 0 spiro atoms. The standard InChI is InChI=1S/C27H29N3O3/c1-2-21-8-6-7-11-25(21)28-26(31)20-29-16-18-30(19-17-29)27(32)22-12-14-24(15-13-22)33-23-9-4-3-5-10-23/h3-15H,2,16-20H2,1H3,(H,28,31). The third kappa shape index (κ3) is 5.99. The second-order valence-electron chi connectivity index (χ2n) is 8.07. The Morgan fingerprint density at radius 3 is 2.15 bits per heavy atom. The van der Waals surface area contributed by atoms with Crippen molar-refractivity contribution >= 4 is 17.5 Å². The molecule has 0 aromatic heterocycles. The monoisotopic (exact) mass is 443 g/mol. The van der Waals surface area contributed by atoms with Gasteiger partial charge in [-0.25, -0.2) is 0 Å². The van der Waals surface area contributed by atoms with Crippen molar-refractivity contribution in [2.24, 2.45) is 0 Å². The van der Waals surface area contributed by atoms with Crippen molar-refractivity contribution in [2.45, 2.75) is 13.3 Å². The smallest absolute Gasteiger partial charge is 0.253 e. The Bertz CT molecular complexity index is 1080. The van der Waals surface area contributed by atoms with Gasteiger partial charge in [0, 0.05) is 37.4 Å². The van der Waals surface area contributed by atoms with E-state index in [9.17, 15) is 9.59 Å². The van der Waals surface area contributed by atoms with Crippen LogP contribution in [-0.2, 0) is 11.2 Å². The molecule has 0 saturated carbocycles. The Balaban J connectivity index is 1.26. The van der Waals surface area contributed by atoms with Crippen LogP contribution in [0.4, 0.5) is 5.69 Å². The lowest BCUT2D eigenvalue weighted by atomic mass is 10.1. The van der Waals surface area contributed by atoms with E-state index in [0.29, 0.717) is 44.0 Å². The van der Waals surface area contributed by atoms with Gasteiger partial charge in [0.2, 0.25) is 5.91 Å². The molecule has 6 nitrogen and oxygen atoms in total. The van der Waals surface area contributed by atoms with Crippen LogP contribution in [-0.4, -0.2) is 54.3 Å². The first kappa shape index (κ1) is 22.6. The van der Waals surface area contributed by atoms with Crippen LogP contribution in [0.15, 0.2) is 78.9 Å². The normalized spacial score (nSPS) is 14.0. The van der Waals surface area contributed by atoms with E-state index in [-0.39, 0.29) is 11.8 Å². The number of piperazine rings is 1. The lowest BCUT2D eigenvalue weighted by Gasteiger charge is -2.34. The predicted octanol–water partition coefficient (Wildman–Crippen LogP) is 4.44. The summed E-state index contributed by atoms with van der Waals surface area (Å²) in [6.07, 6.45) is 0.872. The lowest BCUT2D eigenvalue weighted by Crippen LogP contribution is -2.50. The van der Waals surface area contributed by atoms with Crippen LogP contribution < -0.4 is 10.1 Å². The third-order valence-corrected chi connectivity index (χ3v) is 5.78. The van der Waals surface area contributed by atoms with Crippen molar-refractivity contribution < 1.29 is 14.3 Å². The molecule has 1 aliphatic heterocycles. The molecule has 3 aromatic rings. The van der Waals surface area contributed by atoms with E-state index < -0.39 is 0 Å². The molecule has 0 unspecified atom stereocenters. The molecule has 1 aliphatic rings. The number of nitrogens with zero attached hydrogens (tertiary/aromatic N) is 2. The molecule has 170 valence electrons.